The molecule has 0 saturated heterocycles. The lowest BCUT2D eigenvalue weighted by molar-refractivity contribution is 0.471. The van der Waals surface area contributed by atoms with Crippen molar-refractivity contribution >= 4 is 0 Å². The Labute approximate surface area is 31.9 Å². The van der Waals surface area contributed by atoms with Gasteiger partial charge < -0.3 is 5.11 Å². The van der Waals surface area contributed by atoms with Crippen molar-refractivity contribution in [1.29, 1.82) is 0 Å². The van der Waals surface area contributed by atoms with Crippen LogP contribution >= 0.6 is 0 Å². The summed E-state index contributed by atoms with van der Waals surface area (Å²) in [6, 6.07) is 0. The largest absolute Gasteiger partial charge is 0.516 e. The van der Waals surface area contributed by atoms with Crippen molar-refractivity contribution in [2.24, 2.45) is 0 Å². The Kier molecular flexibility index (Phi) is 3.21. The van der Waals surface area contributed by atoms with Gasteiger partial charge >= 0.3 is 0 Å². The first-order valence-corrected chi connectivity index (χ1v) is 1.50. The van der Waals surface area contributed by atoms with E-state index in [9.17, 15) is 0 Å². The molecule has 0 aliphatic rings. The van der Waals surface area contributed by atoms with E-state index in [2.05, 4.69) is 6.92 Å². The molecule has 0 aromatic heterocycles. The van der Waals surface area contributed by atoms with Gasteiger partial charge in [0.2, 0.25) is 0 Å². The zero-order valence-corrected chi connectivity index (χ0v) is 3.02. The fourth-order valence-electron chi connectivity index (χ4n) is 0.0745. The molecule has 1 nitrogen and oxygen atoms in total. The number of hydrogen-bond donors (Lipinski definition) is 1. The fraction of sp³-hybridized carbons (Fsp3) is 0.250. The van der Waals surface area contributed by atoms with Crippen LogP contribution in [0.3, 0.4) is 0 Å². The average Bonchev–Trinajstić information content (AvgIpc) is 1.41. The Hall–Kier alpha value is -0.460. The lowest BCUT2D eigenvalue weighted by Crippen LogP contribution is -1.48. The van der Waals surface area contributed by atoms with Crippen molar-refractivity contribution in [3.63, 3.8) is 0 Å². The SMILES string of the molecule is [CH2]C/C=C\O. The van der Waals surface area contributed by atoms with Crippen molar-refractivity contribution in [3.05, 3.63) is 19.3 Å². The van der Waals surface area contributed by atoms with Gasteiger partial charge in [-0.15, -0.1) is 0 Å². The van der Waals surface area contributed by atoms with Gasteiger partial charge in [0.15, 0.2) is 0 Å². The van der Waals surface area contributed by atoms with Crippen LogP contribution < -0.4 is 0 Å². The predicted octanol–water partition coefficient (Wildman–Crippen LogP) is 1.28. The lowest BCUT2D eigenvalue weighted by atomic mass is 10.5. The molecule has 0 aromatic carbocycles. The molecule has 0 fully saturated rings. The third-order valence-electron chi connectivity index (χ3n) is 0.272. The fourth-order valence-corrected chi connectivity index (χ4v) is 0.0745. The third kappa shape index (κ3) is 3.54. The molecule has 1 heteroatoms. The topological polar surface area (TPSA) is 20.2 Å². The van der Waals surface area contributed by atoms with Crippen LogP contribution in [0.5, 0.6) is 0 Å². The zero-order chi connectivity index (χ0) is 4.12. The second-order valence-electron chi connectivity index (χ2n) is 0.673. The van der Waals surface area contributed by atoms with E-state index in [0.29, 0.717) is 6.42 Å². The summed E-state index contributed by atoms with van der Waals surface area (Å²) >= 11 is 0. The average molecular weight is 71.1 g/mol. The molecule has 1 N–H and O–H groups in total. The van der Waals surface area contributed by atoms with Crippen LogP contribution in [0.1, 0.15) is 6.42 Å². The summed E-state index contributed by atoms with van der Waals surface area (Å²) in [5, 5.41) is 7.85. The molecule has 0 aliphatic carbocycles. The maximum Gasteiger partial charge on any atom is 0.0751 e. The van der Waals surface area contributed by atoms with Gasteiger partial charge in [0.25, 0.3) is 0 Å². The van der Waals surface area contributed by atoms with Gasteiger partial charge in [0, 0.05) is 0 Å². The van der Waals surface area contributed by atoms with Gasteiger partial charge in [-0.05, 0) is 13.3 Å². The van der Waals surface area contributed by atoms with Gasteiger partial charge in [-0.1, -0.05) is 6.08 Å². The summed E-state index contributed by atoms with van der Waals surface area (Å²) in [7, 11) is 0. The molecule has 5 heavy (non-hydrogen) atoms. The summed E-state index contributed by atoms with van der Waals surface area (Å²) in [6.07, 6.45) is 3.23. The number of aliphatic hydroxyl groups is 1. The van der Waals surface area contributed by atoms with E-state index in [1.165, 1.54) is 0 Å². The van der Waals surface area contributed by atoms with E-state index in [1.54, 1.807) is 6.08 Å². The van der Waals surface area contributed by atoms with Crippen LogP contribution in [0.25, 0.3) is 0 Å². The maximum atomic E-state index is 7.85. The molecule has 0 spiro atoms. The van der Waals surface area contributed by atoms with Crippen LogP contribution in [0.15, 0.2) is 12.3 Å². The van der Waals surface area contributed by atoms with E-state index >= 15 is 0 Å². The quantitative estimate of drug-likeness (QED) is 0.462. The van der Waals surface area contributed by atoms with Crippen LogP contribution in [-0.4, -0.2) is 5.11 Å². The summed E-state index contributed by atoms with van der Waals surface area (Å²) in [4.78, 5) is 0. The van der Waals surface area contributed by atoms with Gasteiger partial charge in [-0.3, -0.25) is 0 Å². The third-order valence-corrected chi connectivity index (χ3v) is 0.272. The maximum absolute atomic E-state index is 7.85. The van der Waals surface area contributed by atoms with Crippen LogP contribution in [0.4, 0.5) is 0 Å². The standard InChI is InChI=1S/C4H7O/c1-2-3-4-5/h3-5H,1-2H2/b4-3-. The first-order chi connectivity index (χ1) is 2.41. The Bertz CT molecular complexity index is 30.6. The Morgan fingerprint density at radius 2 is 2.40 bits per heavy atom. The molecule has 0 saturated carbocycles. The number of hydrogen-bond acceptors (Lipinski definition) is 1. The van der Waals surface area contributed by atoms with Gasteiger partial charge in [0.1, 0.15) is 0 Å². The summed E-state index contributed by atoms with van der Waals surface area (Å²) in [6.45, 7) is 3.43. The molecule has 0 amide bonds. The van der Waals surface area contributed by atoms with E-state index in [1.807, 2.05) is 0 Å². The Morgan fingerprint density at radius 3 is 2.40 bits per heavy atom. The summed E-state index contributed by atoms with van der Waals surface area (Å²) < 4.78 is 0. The normalized spacial score (nSPS) is 9.80. The number of allylic oxidation sites excluding steroid dienone is 1. The van der Waals surface area contributed by atoms with E-state index in [4.69, 9.17) is 5.11 Å². The molecule has 0 heterocycles. The first kappa shape index (κ1) is 4.54. The molecule has 0 rings (SSSR count). The van der Waals surface area contributed by atoms with Crippen molar-refractivity contribution in [2.45, 2.75) is 6.42 Å². The van der Waals surface area contributed by atoms with E-state index in [-0.39, 0.29) is 0 Å². The van der Waals surface area contributed by atoms with Crippen molar-refractivity contribution in [2.75, 3.05) is 0 Å². The Morgan fingerprint density at radius 1 is 1.80 bits per heavy atom. The molecule has 29 valence electrons. The molecular weight excluding hydrogens is 64.0 g/mol. The van der Waals surface area contributed by atoms with Gasteiger partial charge in [0.05, 0.1) is 6.26 Å². The highest BCUT2D eigenvalue weighted by Gasteiger charge is 1.54. The molecule has 0 bridgehead atoms. The van der Waals surface area contributed by atoms with Crippen molar-refractivity contribution in [1.82, 2.24) is 0 Å². The smallest absolute Gasteiger partial charge is 0.0751 e. The molecule has 0 atom stereocenters. The van der Waals surface area contributed by atoms with Gasteiger partial charge in [-0.25, -0.2) is 0 Å². The minimum atomic E-state index is 0.663. The van der Waals surface area contributed by atoms with Crippen LogP contribution in [0.2, 0.25) is 0 Å². The highest BCUT2D eigenvalue weighted by atomic mass is 16.2. The molecule has 0 unspecified atom stereocenters. The minimum Gasteiger partial charge on any atom is -0.516 e. The molecule has 0 aromatic rings. The summed E-state index contributed by atoms with van der Waals surface area (Å²) in [5.74, 6) is 0. The minimum absolute atomic E-state index is 0.663. The number of aliphatic hydroxyl groups excluding tert-OH is 1. The Balaban J connectivity index is 2.62. The van der Waals surface area contributed by atoms with E-state index < -0.39 is 0 Å². The zero-order valence-electron chi connectivity index (χ0n) is 3.02. The van der Waals surface area contributed by atoms with Crippen LogP contribution in [-0.2, 0) is 0 Å². The monoisotopic (exact) mass is 71.0 g/mol. The highest BCUT2D eigenvalue weighted by molar-refractivity contribution is 4.71. The van der Waals surface area contributed by atoms with Gasteiger partial charge in [-0.2, -0.15) is 0 Å². The predicted molar refractivity (Wildman–Crippen MR) is 21.7 cm³/mol. The molecular formula is C4H7O. The number of rotatable bonds is 1. The highest BCUT2D eigenvalue weighted by Crippen LogP contribution is 1.70. The second kappa shape index (κ2) is 3.54. The second-order valence-corrected chi connectivity index (χ2v) is 0.673. The first-order valence-electron chi connectivity index (χ1n) is 1.50. The molecule has 0 aliphatic heterocycles. The van der Waals surface area contributed by atoms with Crippen LogP contribution in [0, 0.1) is 6.92 Å². The lowest BCUT2D eigenvalue weighted by Gasteiger charge is -1.65. The molecule has 1 radical (unpaired) electrons. The van der Waals surface area contributed by atoms with E-state index in [0.717, 1.165) is 6.26 Å². The van der Waals surface area contributed by atoms with Crippen molar-refractivity contribution in [3.8, 4) is 0 Å². The summed E-state index contributed by atoms with van der Waals surface area (Å²) in [5.41, 5.74) is 0. The van der Waals surface area contributed by atoms with Crippen molar-refractivity contribution < 1.29 is 5.11 Å².